The smallest absolute Gasteiger partial charge is 0.139 e. The van der Waals surface area contributed by atoms with Crippen LogP contribution in [0.2, 0.25) is 0 Å². The highest BCUT2D eigenvalue weighted by Gasteiger charge is 2.09. The monoisotopic (exact) mass is 214 g/mol. The predicted octanol–water partition coefficient (Wildman–Crippen LogP) is 1.75. The zero-order valence-corrected chi connectivity index (χ0v) is 8.55. The van der Waals surface area contributed by atoms with Crippen LogP contribution in [0.1, 0.15) is 11.3 Å². The summed E-state index contributed by atoms with van der Waals surface area (Å²) in [6.45, 7) is 0.0224. The van der Waals surface area contributed by atoms with Crippen LogP contribution < -0.4 is 0 Å². The lowest BCUT2D eigenvalue weighted by Crippen LogP contribution is -1.86. The maximum absolute atomic E-state index is 8.94. The molecule has 0 aliphatic heterocycles. The fourth-order valence-corrected chi connectivity index (χ4v) is 1.47. The van der Waals surface area contributed by atoms with Gasteiger partial charge in [-0.25, -0.2) is 0 Å². The van der Waals surface area contributed by atoms with Gasteiger partial charge in [0.05, 0.1) is 18.2 Å². The van der Waals surface area contributed by atoms with Gasteiger partial charge in [0, 0.05) is 18.1 Å². The Hall–Kier alpha value is -2.12. The Labute approximate surface area is 92.7 Å². The zero-order chi connectivity index (χ0) is 11.4. The minimum Gasteiger partial charge on any atom is -0.396 e. The van der Waals surface area contributed by atoms with Gasteiger partial charge in [0.1, 0.15) is 11.5 Å². The molecular weight excluding hydrogens is 204 g/mol. The van der Waals surface area contributed by atoms with Gasteiger partial charge < -0.3 is 9.63 Å². The molecule has 0 unspecified atom stereocenters. The molecule has 0 aliphatic carbocycles. The minimum absolute atomic E-state index is 0.0224. The molecule has 16 heavy (non-hydrogen) atoms. The van der Waals surface area contributed by atoms with E-state index in [1.807, 2.05) is 12.1 Å². The number of nitriles is 1. The first-order valence-electron chi connectivity index (χ1n) is 4.91. The van der Waals surface area contributed by atoms with E-state index in [2.05, 4.69) is 11.2 Å². The number of aromatic nitrogens is 1. The van der Waals surface area contributed by atoms with Crippen LogP contribution in [0.25, 0.3) is 11.3 Å². The average molecular weight is 214 g/mol. The van der Waals surface area contributed by atoms with Crippen molar-refractivity contribution in [1.82, 2.24) is 5.16 Å². The second-order valence-corrected chi connectivity index (χ2v) is 3.31. The van der Waals surface area contributed by atoms with Gasteiger partial charge in [-0.2, -0.15) is 5.26 Å². The van der Waals surface area contributed by atoms with E-state index >= 15 is 0 Å². The standard InChI is InChI=1S/C12H10N2O2/c13-8-9-3-1-2-4-11(9)12-7-10(5-6-15)16-14-12/h1-4,7,15H,5-6H2. The Morgan fingerprint density at radius 3 is 2.94 bits per heavy atom. The summed E-state index contributed by atoms with van der Waals surface area (Å²) in [5.74, 6) is 0.616. The van der Waals surface area contributed by atoms with Crippen molar-refractivity contribution in [2.75, 3.05) is 6.61 Å². The van der Waals surface area contributed by atoms with Crippen molar-refractivity contribution < 1.29 is 9.63 Å². The van der Waals surface area contributed by atoms with Crippen molar-refractivity contribution >= 4 is 0 Å². The van der Waals surface area contributed by atoms with Crippen molar-refractivity contribution in [3.8, 4) is 17.3 Å². The molecular formula is C12H10N2O2. The average Bonchev–Trinajstić information content (AvgIpc) is 2.78. The lowest BCUT2D eigenvalue weighted by atomic mass is 10.1. The molecule has 80 valence electrons. The van der Waals surface area contributed by atoms with Gasteiger partial charge in [-0.15, -0.1) is 0 Å². The highest BCUT2D eigenvalue weighted by Crippen LogP contribution is 2.22. The number of rotatable bonds is 3. The molecule has 2 aromatic rings. The third-order valence-corrected chi connectivity index (χ3v) is 2.24. The third kappa shape index (κ3) is 1.95. The molecule has 0 saturated carbocycles. The summed E-state index contributed by atoms with van der Waals surface area (Å²) < 4.78 is 5.04. The summed E-state index contributed by atoms with van der Waals surface area (Å²) in [4.78, 5) is 0. The summed E-state index contributed by atoms with van der Waals surface area (Å²) in [5, 5.41) is 21.6. The third-order valence-electron chi connectivity index (χ3n) is 2.24. The highest BCUT2D eigenvalue weighted by atomic mass is 16.5. The molecule has 0 atom stereocenters. The van der Waals surface area contributed by atoms with Crippen molar-refractivity contribution in [1.29, 1.82) is 5.26 Å². The predicted molar refractivity (Wildman–Crippen MR) is 57.4 cm³/mol. The number of hydrogen-bond acceptors (Lipinski definition) is 4. The Kier molecular flexibility index (Phi) is 2.99. The lowest BCUT2D eigenvalue weighted by molar-refractivity contribution is 0.277. The minimum atomic E-state index is 0.0224. The first-order chi connectivity index (χ1) is 7.85. The van der Waals surface area contributed by atoms with Gasteiger partial charge in [0.15, 0.2) is 0 Å². The van der Waals surface area contributed by atoms with Gasteiger partial charge in [-0.1, -0.05) is 23.4 Å². The van der Waals surface area contributed by atoms with Gasteiger partial charge in [-0.3, -0.25) is 0 Å². The van der Waals surface area contributed by atoms with Crippen LogP contribution in [0.3, 0.4) is 0 Å². The van der Waals surface area contributed by atoms with Crippen LogP contribution in [-0.2, 0) is 6.42 Å². The molecule has 1 heterocycles. The van der Waals surface area contributed by atoms with Gasteiger partial charge in [-0.05, 0) is 6.07 Å². The largest absolute Gasteiger partial charge is 0.396 e. The lowest BCUT2D eigenvalue weighted by Gasteiger charge is -1.96. The highest BCUT2D eigenvalue weighted by molar-refractivity contribution is 5.66. The Morgan fingerprint density at radius 1 is 1.38 bits per heavy atom. The Morgan fingerprint density at radius 2 is 2.19 bits per heavy atom. The molecule has 4 heteroatoms. The summed E-state index contributed by atoms with van der Waals surface area (Å²) in [6.07, 6.45) is 0.432. The second-order valence-electron chi connectivity index (χ2n) is 3.31. The van der Waals surface area contributed by atoms with Crippen molar-refractivity contribution in [3.05, 3.63) is 41.7 Å². The zero-order valence-electron chi connectivity index (χ0n) is 8.55. The van der Waals surface area contributed by atoms with Crippen LogP contribution >= 0.6 is 0 Å². The van der Waals surface area contributed by atoms with Gasteiger partial charge in [0.2, 0.25) is 0 Å². The van der Waals surface area contributed by atoms with Crippen molar-refractivity contribution in [2.45, 2.75) is 6.42 Å². The number of nitrogens with zero attached hydrogens (tertiary/aromatic N) is 2. The van der Waals surface area contributed by atoms with E-state index in [1.54, 1.807) is 18.2 Å². The summed E-state index contributed by atoms with van der Waals surface area (Å²) >= 11 is 0. The van der Waals surface area contributed by atoms with Gasteiger partial charge >= 0.3 is 0 Å². The second kappa shape index (κ2) is 4.60. The van der Waals surface area contributed by atoms with E-state index in [4.69, 9.17) is 14.9 Å². The van der Waals surface area contributed by atoms with Crippen molar-refractivity contribution in [3.63, 3.8) is 0 Å². The number of aliphatic hydroxyl groups is 1. The van der Waals surface area contributed by atoms with Crippen molar-refractivity contribution in [2.24, 2.45) is 0 Å². The van der Waals surface area contributed by atoms with Crippen LogP contribution in [0.5, 0.6) is 0 Å². The quantitative estimate of drug-likeness (QED) is 0.844. The van der Waals surface area contributed by atoms with E-state index in [-0.39, 0.29) is 6.61 Å². The fourth-order valence-electron chi connectivity index (χ4n) is 1.47. The van der Waals surface area contributed by atoms with Crippen LogP contribution in [0, 0.1) is 11.3 Å². The van der Waals surface area contributed by atoms with E-state index in [1.165, 1.54) is 0 Å². The molecule has 0 fully saturated rings. The topological polar surface area (TPSA) is 70.0 Å². The van der Waals surface area contributed by atoms with Crippen LogP contribution in [-0.4, -0.2) is 16.9 Å². The van der Waals surface area contributed by atoms with E-state index in [0.717, 1.165) is 5.56 Å². The van der Waals surface area contributed by atoms with E-state index in [0.29, 0.717) is 23.4 Å². The molecule has 1 aromatic heterocycles. The van der Waals surface area contributed by atoms with E-state index in [9.17, 15) is 0 Å². The Bertz CT molecular complexity index is 526. The maximum atomic E-state index is 8.94. The molecule has 1 aromatic carbocycles. The SMILES string of the molecule is N#Cc1ccccc1-c1cc(CCO)on1. The molecule has 0 saturated heterocycles. The van der Waals surface area contributed by atoms with Gasteiger partial charge in [0.25, 0.3) is 0 Å². The first-order valence-corrected chi connectivity index (χ1v) is 4.91. The molecule has 0 amide bonds. The normalized spacial score (nSPS) is 10.0. The fraction of sp³-hybridized carbons (Fsp3) is 0.167. The first kappa shape index (κ1) is 10.4. The van der Waals surface area contributed by atoms with Crippen LogP contribution in [0.15, 0.2) is 34.9 Å². The van der Waals surface area contributed by atoms with E-state index < -0.39 is 0 Å². The summed E-state index contributed by atoms with van der Waals surface area (Å²) in [6, 6.07) is 11.0. The maximum Gasteiger partial charge on any atom is 0.139 e. The number of aliphatic hydroxyl groups excluding tert-OH is 1. The summed E-state index contributed by atoms with van der Waals surface area (Å²) in [7, 11) is 0. The molecule has 0 bridgehead atoms. The number of hydrogen-bond donors (Lipinski definition) is 1. The molecule has 0 radical (unpaired) electrons. The Balaban J connectivity index is 2.39. The molecule has 1 N–H and O–H groups in total. The molecule has 2 rings (SSSR count). The summed E-state index contributed by atoms with van der Waals surface area (Å²) in [5.41, 5.74) is 1.94. The molecule has 0 spiro atoms. The molecule has 0 aliphatic rings. The van der Waals surface area contributed by atoms with Crippen LogP contribution in [0.4, 0.5) is 0 Å². The number of benzene rings is 1. The molecule has 4 nitrogen and oxygen atoms in total.